The number of rotatable bonds is 6. The maximum atomic E-state index is 12.4. The molecule has 3 aromatic rings. The van der Waals surface area contributed by atoms with Crippen molar-refractivity contribution in [3.63, 3.8) is 0 Å². The van der Waals surface area contributed by atoms with Crippen LogP contribution in [0.1, 0.15) is 22.1 Å². The van der Waals surface area contributed by atoms with Gasteiger partial charge in [-0.3, -0.25) is 9.59 Å². The van der Waals surface area contributed by atoms with Gasteiger partial charge in [0.25, 0.3) is 11.8 Å². The molecular weight excluding hydrogens is 418 g/mol. The molecule has 0 aromatic heterocycles. The Bertz CT molecular complexity index is 1140. The first-order valence-corrected chi connectivity index (χ1v) is 9.94. The molecule has 8 heteroatoms. The van der Waals surface area contributed by atoms with Gasteiger partial charge in [-0.1, -0.05) is 41.9 Å². The Morgan fingerprint density at radius 3 is 2.61 bits per heavy atom. The van der Waals surface area contributed by atoms with Crippen LogP contribution < -0.4 is 25.4 Å². The third-order valence-electron chi connectivity index (χ3n) is 4.77. The average molecular weight is 438 g/mol. The van der Waals surface area contributed by atoms with E-state index < -0.39 is 6.17 Å². The zero-order valence-corrected chi connectivity index (χ0v) is 17.4. The Morgan fingerprint density at radius 1 is 1.03 bits per heavy atom. The fourth-order valence-corrected chi connectivity index (χ4v) is 3.43. The van der Waals surface area contributed by atoms with Crippen molar-refractivity contribution in [3.05, 3.63) is 82.9 Å². The molecule has 0 radical (unpaired) electrons. The predicted molar refractivity (Wildman–Crippen MR) is 119 cm³/mol. The number of benzene rings is 3. The molecule has 1 aliphatic heterocycles. The molecule has 3 N–H and O–H groups in total. The van der Waals surface area contributed by atoms with Crippen LogP contribution in [0.3, 0.4) is 0 Å². The third-order valence-corrected chi connectivity index (χ3v) is 5.10. The van der Waals surface area contributed by atoms with Crippen molar-refractivity contribution in [3.8, 4) is 11.5 Å². The van der Waals surface area contributed by atoms with Crippen molar-refractivity contribution >= 4 is 34.8 Å². The van der Waals surface area contributed by atoms with Crippen molar-refractivity contribution in [1.29, 1.82) is 0 Å². The van der Waals surface area contributed by atoms with Crippen LogP contribution in [-0.4, -0.2) is 25.5 Å². The summed E-state index contributed by atoms with van der Waals surface area (Å²) in [6, 6.07) is 19.5. The van der Waals surface area contributed by atoms with E-state index in [-0.39, 0.29) is 18.4 Å². The third kappa shape index (κ3) is 4.57. The normalized spacial score (nSPS) is 14.6. The van der Waals surface area contributed by atoms with Crippen molar-refractivity contribution in [2.24, 2.45) is 0 Å². The molecule has 31 heavy (non-hydrogen) atoms. The quantitative estimate of drug-likeness (QED) is 0.537. The maximum Gasteiger partial charge on any atom is 0.262 e. The van der Waals surface area contributed by atoms with E-state index in [2.05, 4.69) is 16.0 Å². The van der Waals surface area contributed by atoms with Gasteiger partial charge in [-0.05, 0) is 42.0 Å². The number of hydrogen-bond donors (Lipinski definition) is 3. The number of nitrogens with one attached hydrogen (secondary N) is 3. The van der Waals surface area contributed by atoms with Crippen LogP contribution in [-0.2, 0) is 4.79 Å². The summed E-state index contributed by atoms with van der Waals surface area (Å²) >= 11 is 6.05. The average Bonchev–Trinajstić information content (AvgIpc) is 2.79. The molecule has 3 aromatic carbocycles. The van der Waals surface area contributed by atoms with Crippen LogP contribution in [0, 0.1) is 0 Å². The summed E-state index contributed by atoms with van der Waals surface area (Å²) in [7, 11) is 1.51. The van der Waals surface area contributed by atoms with Crippen LogP contribution in [0.4, 0.5) is 11.4 Å². The fraction of sp³-hybridized carbons (Fsp3) is 0.130. The molecule has 0 saturated heterocycles. The van der Waals surface area contributed by atoms with Gasteiger partial charge in [0, 0.05) is 5.69 Å². The molecule has 0 spiro atoms. The van der Waals surface area contributed by atoms with Gasteiger partial charge in [0.2, 0.25) is 0 Å². The lowest BCUT2D eigenvalue weighted by Crippen LogP contribution is -2.38. The zero-order valence-electron chi connectivity index (χ0n) is 16.6. The highest BCUT2D eigenvalue weighted by atomic mass is 35.5. The van der Waals surface area contributed by atoms with Gasteiger partial charge in [-0.15, -0.1) is 0 Å². The molecule has 4 rings (SSSR count). The van der Waals surface area contributed by atoms with Crippen molar-refractivity contribution in [2.45, 2.75) is 6.17 Å². The van der Waals surface area contributed by atoms with E-state index in [1.807, 2.05) is 18.2 Å². The van der Waals surface area contributed by atoms with Gasteiger partial charge in [0.15, 0.2) is 18.1 Å². The van der Waals surface area contributed by atoms with E-state index >= 15 is 0 Å². The minimum atomic E-state index is -0.422. The number of fused-ring (bicyclic) bond motifs is 1. The molecule has 0 bridgehead atoms. The second-order valence-corrected chi connectivity index (χ2v) is 7.23. The Hall–Kier alpha value is -3.71. The number of carbonyl (C=O) groups excluding carboxylic acids is 2. The SMILES string of the molecule is COc1cc([C@@H]2NC(=O)c3ccccc3N2)ccc1OCC(=O)Nc1ccccc1Cl. The van der Waals surface area contributed by atoms with Crippen LogP contribution in [0.5, 0.6) is 11.5 Å². The lowest BCUT2D eigenvalue weighted by atomic mass is 10.1. The molecule has 158 valence electrons. The molecule has 2 amide bonds. The number of amides is 2. The van der Waals surface area contributed by atoms with Gasteiger partial charge in [-0.2, -0.15) is 0 Å². The lowest BCUT2D eigenvalue weighted by Gasteiger charge is -2.28. The zero-order chi connectivity index (χ0) is 21.8. The van der Waals surface area contributed by atoms with Crippen LogP contribution in [0.2, 0.25) is 5.02 Å². The minimum absolute atomic E-state index is 0.158. The summed E-state index contributed by atoms with van der Waals surface area (Å²) in [5.74, 6) is 0.341. The number of methoxy groups -OCH3 is 1. The second-order valence-electron chi connectivity index (χ2n) is 6.82. The lowest BCUT2D eigenvalue weighted by molar-refractivity contribution is -0.118. The summed E-state index contributed by atoms with van der Waals surface area (Å²) < 4.78 is 11.1. The first kappa shape index (κ1) is 20.6. The van der Waals surface area contributed by atoms with Gasteiger partial charge in [0.1, 0.15) is 6.17 Å². The molecule has 0 unspecified atom stereocenters. The fourth-order valence-electron chi connectivity index (χ4n) is 3.25. The maximum absolute atomic E-state index is 12.4. The first-order valence-electron chi connectivity index (χ1n) is 9.56. The van der Waals surface area contributed by atoms with Gasteiger partial charge in [-0.25, -0.2) is 0 Å². The summed E-state index contributed by atoms with van der Waals surface area (Å²) in [5, 5.41) is 9.36. The molecule has 1 heterocycles. The van der Waals surface area contributed by atoms with Crippen molar-refractivity contribution < 1.29 is 19.1 Å². The topological polar surface area (TPSA) is 88.7 Å². The van der Waals surface area contributed by atoms with E-state index in [1.165, 1.54) is 7.11 Å². The number of hydrogen-bond acceptors (Lipinski definition) is 5. The standard InChI is InChI=1S/C23H20ClN3O4/c1-30-20-12-14(22-26-17-8-4-2-6-15(17)23(29)27-22)10-11-19(20)31-13-21(28)25-18-9-5-3-7-16(18)24/h2-12,22,26H,13H2,1H3,(H,25,28)(H,27,29)/t22-/m0/s1. The Labute approximate surface area is 184 Å². The first-order chi connectivity index (χ1) is 15.0. The number of halogens is 1. The van der Waals surface area contributed by atoms with Gasteiger partial charge >= 0.3 is 0 Å². The van der Waals surface area contributed by atoms with Crippen molar-refractivity contribution in [1.82, 2.24) is 5.32 Å². The van der Waals surface area contributed by atoms with Gasteiger partial charge < -0.3 is 25.4 Å². The van der Waals surface area contributed by atoms with E-state index in [0.717, 1.165) is 11.3 Å². The summed E-state index contributed by atoms with van der Waals surface area (Å²) in [4.78, 5) is 24.6. The molecule has 7 nitrogen and oxygen atoms in total. The van der Waals surface area contributed by atoms with E-state index in [0.29, 0.717) is 27.8 Å². The Morgan fingerprint density at radius 2 is 1.81 bits per heavy atom. The van der Waals surface area contributed by atoms with Crippen LogP contribution in [0.15, 0.2) is 66.7 Å². The van der Waals surface area contributed by atoms with Crippen molar-refractivity contribution in [2.75, 3.05) is 24.4 Å². The molecule has 0 saturated carbocycles. The predicted octanol–water partition coefficient (Wildman–Crippen LogP) is 4.22. The number of ether oxygens (including phenoxy) is 2. The molecule has 1 aliphatic rings. The molecule has 0 aliphatic carbocycles. The number of para-hydroxylation sites is 2. The van der Waals surface area contributed by atoms with E-state index in [9.17, 15) is 9.59 Å². The largest absolute Gasteiger partial charge is 0.493 e. The Kier molecular flexibility index (Phi) is 5.95. The molecule has 1 atom stereocenters. The highest BCUT2D eigenvalue weighted by Gasteiger charge is 2.25. The second kappa shape index (κ2) is 8.97. The summed E-state index contributed by atoms with van der Waals surface area (Å²) in [5.41, 5.74) is 2.65. The smallest absolute Gasteiger partial charge is 0.262 e. The number of anilines is 2. The number of carbonyl (C=O) groups is 2. The summed E-state index contributed by atoms with van der Waals surface area (Å²) in [6.07, 6.45) is -0.422. The Balaban J connectivity index is 1.44. The summed E-state index contributed by atoms with van der Waals surface area (Å²) in [6.45, 7) is -0.216. The van der Waals surface area contributed by atoms with Crippen LogP contribution >= 0.6 is 11.6 Å². The minimum Gasteiger partial charge on any atom is -0.493 e. The van der Waals surface area contributed by atoms with Crippen LogP contribution in [0.25, 0.3) is 0 Å². The van der Waals surface area contributed by atoms with E-state index in [1.54, 1.807) is 48.5 Å². The van der Waals surface area contributed by atoms with E-state index in [4.69, 9.17) is 21.1 Å². The highest BCUT2D eigenvalue weighted by molar-refractivity contribution is 6.33. The highest BCUT2D eigenvalue weighted by Crippen LogP contribution is 2.33. The molecule has 0 fully saturated rings. The molecular formula is C23H20ClN3O4. The monoisotopic (exact) mass is 437 g/mol. The van der Waals surface area contributed by atoms with Gasteiger partial charge in [0.05, 0.1) is 23.4 Å².